The van der Waals surface area contributed by atoms with E-state index in [0.29, 0.717) is 0 Å². The maximum atomic E-state index is 2.46. The Bertz CT molecular complexity index is 3330. The fourth-order valence-corrected chi connectivity index (χ4v) is 9.27. The molecule has 0 aliphatic carbocycles. The lowest BCUT2D eigenvalue weighted by atomic mass is 9.82. The fraction of sp³-hybridized carbons (Fsp3) is 0.0370. The Morgan fingerprint density at radius 2 is 0.685 bits per heavy atom. The zero-order chi connectivity index (χ0) is 35.9. The zero-order valence-corrected chi connectivity index (χ0v) is 30.3. The molecule has 0 amide bonds. The first-order valence-corrected chi connectivity index (χ1v) is 18.9. The van der Waals surface area contributed by atoms with Gasteiger partial charge in [-0.05, 0) is 152 Å². The van der Waals surface area contributed by atoms with Crippen LogP contribution >= 0.6 is 0 Å². The van der Waals surface area contributed by atoms with Crippen molar-refractivity contribution in [3.63, 3.8) is 0 Å². The van der Waals surface area contributed by atoms with E-state index in [0.717, 1.165) is 0 Å². The molecule has 0 saturated carbocycles. The van der Waals surface area contributed by atoms with E-state index < -0.39 is 0 Å². The molecule has 0 heteroatoms. The van der Waals surface area contributed by atoms with Gasteiger partial charge in [-0.1, -0.05) is 164 Å². The molecule has 0 saturated heterocycles. The van der Waals surface area contributed by atoms with Gasteiger partial charge < -0.3 is 0 Å². The molecule has 11 aromatic rings. The molecule has 0 radical (unpaired) electrons. The summed E-state index contributed by atoms with van der Waals surface area (Å²) in [6.07, 6.45) is 0. The van der Waals surface area contributed by atoms with Crippen LogP contribution in [-0.4, -0.2) is 0 Å². The van der Waals surface area contributed by atoms with E-state index in [9.17, 15) is 0 Å². The fourth-order valence-electron chi connectivity index (χ4n) is 9.27. The predicted octanol–water partition coefficient (Wildman–Crippen LogP) is 15.4. The van der Waals surface area contributed by atoms with Gasteiger partial charge in [-0.25, -0.2) is 0 Å². The van der Waals surface area contributed by atoms with Crippen molar-refractivity contribution < 1.29 is 0 Å². The summed E-state index contributed by atoms with van der Waals surface area (Å²) < 4.78 is 0. The third kappa shape index (κ3) is 4.57. The average molecular weight is 685 g/mol. The third-order valence-corrected chi connectivity index (χ3v) is 12.0. The van der Waals surface area contributed by atoms with Crippen molar-refractivity contribution in [3.8, 4) is 33.4 Å². The molecule has 0 nitrogen and oxygen atoms in total. The summed E-state index contributed by atoms with van der Waals surface area (Å²) in [4.78, 5) is 0. The van der Waals surface area contributed by atoms with E-state index in [1.165, 1.54) is 120 Å². The Kier molecular flexibility index (Phi) is 6.78. The number of benzene rings is 11. The molecule has 0 heterocycles. The molecule has 0 aliphatic heterocycles. The molecule has 0 atom stereocenters. The van der Waals surface area contributed by atoms with Crippen LogP contribution in [0.4, 0.5) is 0 Å². The van der Waals surface area contributed by atoms with Gasteiger partial charge in [0.15, 0.2) is 0 Å². The zero-order valence-electron chi connectivity index (χ0n) is 30.3. The molecule has 54 heavy (non-hydrogen) atoms. The Morgan fingerprint density at radius 1 is 0.241 bits per heavy atom. The molecule has 0 fully saturated rings. The minimum Gasteiger partial charge on any atom is -0.0622 e. The molecule has 11 aromatic carbocycles. The van der Waals surface area contributed by atoms with Crippen molar-refractivity contribution in [1.82, 2.24) is 0 Å². The van der Waals surface area contributed by atoms with Crippen LogP contribution < -0.4 is 0 Å². The van der Waals surface area contributed by atoms with Gasteiger partial charge in [0.2, 0.25) is 0 Å². The number of aryl methyl sites for hydroxylation is 2. The van der Waals surface area contributed by atoms with Crippen molar-refractivity contribution in [2.24, 2.45) is 0 Å². The minimum atomic E-state index is 1.23. The highest BCUT2D eigenvalue weighted by Crippen LogP contribution is 2.48. The second-order valence-electron chi connectivity index (χ2n) is 14.9. The molecule has 11 rings (SSSR count). The summed E-state index contributed by atoms with van der Waals surface area (Å²) in [6, 6.07) is 67.9. The Hall–Kier alpha value is -6.76. The number of hydrogen-bond acceptors (Lipinski definition) is 0. The van der Waals surface area contributed by atoms with Crippen molar-refractivity contribution in [1.29, 1.82) is 0 Å². The molecule has 0 unspecified atom stereocenters. The Balaban J connectivity index is 1.25. The molecule has 0 N–H and O–H groups in total. The highest BCUT2D eigenvalue weighted by atomic mass is 14.2. The quantitative estimate of drug-likeness (QED) is 0.128. The minimum absolute atomic E-state index is 1.23. The van der Waals surface area contributed by atoms with Crippen LogP contribution in [0.25, 0.3) is 109 Å². The molecule has 0 bridgehead atoms. The third-order valence-electron chi connectivity index (χ3n) is 12.0. The van der Waals surface area contributed by atoms with Crippen LogP contribution in [-0.2, 0) is 0 Å². The smallest absolute Gasteiger partial charge is 0.00141 e. The second-order valence-corrected chi connectivity index (χ2v) is 14.9. The lowest BCUT2D eigenvalue weighted by Crippen LogP contribution is -1.93. The maximum absolute atomic E-state index is 2.46. The molecular formula is C54H36. The molecule has 0 aliphatic rings. The Morgan fingerprint density at radius 3 is 1.43 bits per heavy atom. The van der Waals surface area contributed by atoms with Gasteiger partial charge in [0, 0.05) is 0 Å². The SMILES string of the molecule is Cc1c(C)c2ccc(-c3c4ccccc4c(-c4ccc5ccc6ccc(-c7ccccc7)cc6c5c4)c4ccc5ccccc5c34)cc2c2ccccc12. The maximum Gasteiger partial charge on any atom is -0.00141 e. The summed E-state index contributed by atoms with van der Waals surface area (Å²) in [6.45, 7) is 4.53. The van der Waals surface area contributed by atoms with Gasteiger partial charge in [-0.15, -0.1) is 0 Å². The van der Waals surface area contributed by atoms with Crippen LogP contribution in [0.1, 0.15) is 11.1 Å². The molecule has 0 spiro atoms. The van der Waals surface area contributed by atoms with E-state index in [1.807, 2.05) is 0 Å². The van der Waals surface area contributed by atoms with Crippen molar-refractivity contribution in [2.45, 2.75) is 13.8 Å². The number of hydrogen-bond donors (Lipinski definition) is 0. The van der Waals surface area contributed by atoms with Crippen molar-refractivity contribution in [2.75, 3.05) is 0 Å². The lowest BCUT2D eigenvalue weighted by molar-refractivity contribution is 1.41. The summed E-state index contributed by atoms with van der Waals surface area (Å²) in [7, 11) is 0. The predicted molar refractivity (Wildman–Crippen MR) is 235 cm³/mol. The second kappa shape index (κ2) is 11.9. The summed E-state index contributed by atoms with van der Waals surface area (Å²) >= 11 is 0. The van der Waals surface area contributed by atoms with Gasteiger partial charge in [-0.2, -0.15) is 0 Å². The van der Waals surface area contributed by atoms with E-state index >= 15 is 0 Å². The van der Waals surface area contributed by atoms with Crippen LogP contribution in [0.2, 0.25) is 0 Å². The molecular weight excluding hydrogens is 649 g/mol. The van der Waals surface area contributed by atoms with E-state index in [2.05, 4.69) is 196 Å². The first kappa shape index (κ1) is 30.8. The van der Waals surface area contributed by atoms with Gasteiger partial charge in [-0.3, -0.25) is 0 Å². The van der Waals surface area contributed by atoms with Crippen LogP contribution in [0.5, 0.6) is 0 Å². The molecule has 0 aromatic heterocycles. The number of fused-ring (bicyclic) bond motifs is 10. The lowest BCUT2D eigenvalue weighted by Gasteiger charge is -2.20. The standard InChI is InChI=1S/C54H36/c1-33-34(2)43-28-27-41(32-51(43)45-17-9-8-15-42(33)45)53-47-19-11-10-18-46(47)52(48-29-26-36-14-6-7-16-44(36)54(48)53)40-25-23-38-21-20-37-22-24-39(30-49(37)50(38)31-40)35-12-4-3-5-13-35/h3-32H,1-2H3. The highest BCUT2D eigenvalue weighted by molar-refractivity contribution is 6.29. The van der Waals surface area contributed by atoms with Gasteiger partial charge in [0.05, 0.1) is 0 Å². The van der Waals surface area contributed by atoms with Crippen LogP contribution in [0, 0.1) is 13.8 Å². The summed E-state index contributed by atoms with van der Waals surface area (Å²) in [5.74, 6) is 0. The summed E-state index contributed by atoms with van der Waals surface area (Å²) in [5.41, 5.74) is 10.2. The van der Waals surface area contributed by atoms with Crippen LogP contribution in [0.15, 0.2) is 182 Å². The van der Waals surface area contributed by atoms with Crippen LogP contribution in [0.3, 0.4) is 0 Å². The topological polar surface area (TPSA) is 0 Å². The van der Waals surface area contributed by atoms with E-state index in [-0.39, 0.29) is 0 Å². The van der Waals surface area contributed by atoms with Gasteiger partial charge in [0.1, 0.15) is 0 Å². The monoisotopic (exact) mass is 684 g/mol. The van der Waals surface area contributed by atoms with Crippen molar-refractivity contribution >= 4 is 75.4 Å². The summed E-state index contributed by atoms with van der Waals surface area (Å²) in [5, 5.41) is 18.0. The number of rotatable bonds is 3. The Labute approximate surface area is 314 Å². The molecule has 252 valence electrons. The average Bonchev–Trinajstić information content (AvgIpc) is 3.24. The van der Waals surface area contributed by atoms with E-state index in [1.54, 1.807) is 0 Å². The van der Waals surface area contributed by atoms with Crippen molar-refractivity contribution in [3.05, 3.63) is 193 Å². The normalized spacial score (nSPS) is 11.9. The van der Waals surface area contributed by atoms with E-state index in [4.69, 9.17) is 0 Å². The van der Waals surface area contributed by atoms with Gasteiger partial charge >= 0.3 is 0 Å². The first-order valence-electron chi connectivity index (χ1n) is 18.9. The largest absolute Gasteiger partial charge is 0.0622 e. The highest BCUT2D eigenvalue weighted by Gasteiger charge is 2.20. The van der Waals surface area contributed by atoms with Gasteiger partial charge in [0.25, 0.3) is 0 Å². The first-order chi connectivity index (χ1) is 26.6.